The van der Waals surface area contributed by atoms with Crippen molar-refractivity contribution in [2.75, 3.05) is 26.0 Å². The summed E-state index contributed by atoms with van der Waals surface area (Å²) in [6.07, 6.45) is 0. The molecule has 0 saturated carbocycles. The predicted octanol–water partition coefficient (Wildman–Crippen LogP) is 2.69. The number of carbonyl (C=O) groups is 2. The molecule has 0 aliphatic carbocycles. The van der Waals surface area contributed by atoms with Gasteiger partial charge >= 0.3 is 5.97 Å². The Kier molecular flexibility index (Phi) is 6.59. The molecule has 2 rings (SSSR count). The van der Waals surface area contributed by atoms with Gasteiger partial charge in [0, 0.05) is 24.8 Å². The van der Waals surface area contributed by atoms with Crippen molar-refractivity contribution in [2.24, 2.45) is 0 Å². The number of nitrogens with zero attached hydrogens (tertiary/aromatic N) is 1. The zero-order chi connectivity index (χ0) is 20.2. The number of aryl methyl sites for hydroxylation is 1. The molecule has 0 aromatic heterocycles. The van der Waals surface area contributed by atoms with Crippen LogP contribution in [-0.4, -0.2) is 45.3 Å². The number of hydrogen-bond donors (Lipinski definition) is 1. The molecular weight excluding hydrogens is 392 g/mol. The van der Waals surface area contributed by atoms with E-state index in [0.717, 1.165) is 9.87 Å². The van der Waals surface area contributed by atoms with Crippen molar-refractivity contribution in [3.63, 3.8) is 0 Å². The SMILES string of the molecule is Cc1ccc(NC(=O)COC(=O)c2cccc(S(=O)(=O)N(C)C)c2)cc1Cl. The van der Waals surface area contributed by atoms with Gasteiger partial charge in [-0.2, -0.15) is 0 Å². The van der Waals surface area contributed by atoms with E-state index in [1.165, 1.54) is 38.4 Å². The molecule has 0 atom stereocenters. The minimum atomic E-state index is -3.68. The Bertz CT molecular complexity index is 973. The molecule has 144 valence electrons. The van der Waals surface area contributed by atoms with Crippen molar-refractivity contribution in [2.45, 2.75) is 11.8 Å². The van der Waals surface area contributed by atoms with Gasteiger partial charge in [-0.3, -0.25) is 4.79 Å². The van der Waals surface area contributed by atoms with Crippen molar-refractivity contribution in [1.29, 1.82) is 0 Å². The molecule has 7 nitrogen and oxygen atoms in total. The van der Waals surface area contributed by atoms with Crippen LogP contribution in [0, 0.1) is 6.92 Å². The molecule has 0 radical (unpaired) electrons. The van der Waals surface area contributed by atoms with Crippen molar-refractivity contribution >= 4 is 39.2 Å². The summed E-state index contributed by atoms with van der Waals surface area (Å²) in [5, 5.41) is 3.07. The van der Waals surface area contributed by atoms with Crippen LogP contribution in [-0.2, 0) is 19.6 Å². The average Bonchev–Trinajstić information content (AvgIpc) is 2.62. The highest BCUT2D eigenvalue weighted by Crippen LogP contribution is 2.20. The number of carbonyl (C=O) groups excluding carboxylic acids is 2. The van der Waals surface area contributed by atoms with E-state index in [2.05, 4.69) is 5.32 Å². The summed E-state index contributed by atoms with van der Waals surface area (Å²) in [6.45, 7) is 1.31. The molecule has 1 amide bonds. The third kappa shape index (κ3) is 5.29. The molecule has 9 heteroatoms. The number of sulfonamides is 1. The molecule has 27 heavy (non-hydrogen) atoms. The smallest absolute Gasteiger partial charge is 0.338 e. The summed E-state index contributed by atoms with van der Waals surface area (Å²) in [5.74, 6) is -1.34. The molecule has 0 fully saturated rings. The van der Waals surface area contributed by atoms with Gasteiger partial charge < -0.3 is 10.1 Å². The maximum Gasteiger partial charge on any atom is 0.338 e. The fourth-order valence-electron chi connectivity index (χ4n) is 2.08. The molecule has 0 aliphatic rings. The highest BCUT2D eigenvalue weighted by Gasteiger charge is 2.19. The number of hydrogen-bond acceptors (Lipinski definition) is 5. The summed E-state index contributed by atoms with van der Waals surface area (Å²) in [6, 6.07) is 10.4. The van der Waals surface area contributed by atoms with Crippen molar-refractivity contribution in [3.8, 4) is 0 Å². The summed E-state index contributed by atoms with van der Waals surface area (Å²) >= 11 is 5.99. The number of ether oxygens (including phenoxy) is 1. The van der Waals surface area contributed by atoms with Crippen LogP contribution < -0.4 is 5.32 Å². The van der Waals surface area contributed by atoms with Crippen molar-refractivity contribution in [3.05, 3.63) is 58.6 Å². The number of esters is 1. The summed E-state index contributed by atoms with van der Waals surface area (Å²) in [7, 11) is -0.897. The van der Waals surface area contributed by atoms with E-state index in [4.69, 9.17) is 16.3 Å². The van der Waals surface area contributed by atoms with Crippen LogP contribution in [0.3, 0.4) is 0 Å². The third-order valence-electron chi connectivity index (χ3n) is 3.64. The number of halogens is 1. The van der Waals surface area contributed by atoms with E-state index in [0.29, 0.717) is 10.7 Å². The van der Waals surface area contributed by atoms with Gasteiger partial charge in [-0.05, 0) is 42.8 Å². The van der Waals surface area contributed by atoms with Crippen molar-refractivity contribution in [1.82, 2.24) is 4.31 Å². The van der Waals surface area contributed by atoms with Gasteiger partial charge in [0.05, 0.1) is 10.5 Å². The van der Waals surface area contributed by atoms with E-state index in [1.54, 1.807) is 18.2 Å². The zero-order valence-electron chi connectivity index (χ0n) is 15.0. The van der Waals surface area contributed by atoms with Crippen LogP contribution in [0.5, 0.6) is 0 Å². The fraction of sp³-hybridized carbons (Fsp3) is 0.222. The minimum Gasteiger partial charge on any atom is -0.452 e. The molecule has 0 saturated heterocycles. The highest BCUT2D eigenvalue weighted by atomic mass is 35.5. The minimum absolute atomic E-state index is 0.0316. The van der Waals surface area contributed by atoms with E-state index < -0.39 is 28.5 Å². The van der Waals surface area contributed by atoms with E-state index in [9.17, 15) is 18.0 Å². The number of amides is 1. The van der Waals surface area contributed by atoms with Gasteiger partial charge in [0.2, 0.25) is 10.0 Å². The first kappa shape index (κ1) is 20.9. The molecule has 2 aromatic rings. The van der Waals surface area contributed by atoms with Crippen LogP contribution >= 0.6 is 11.6 Å². The molecule has 0 aliphatic heterocycles. The molecule has 0 heterocycles. The van der Waals surface area contributed by atoms with E-state index in [-0.39, 0.29) is 10.5 Å². The normalized spacial score (nSPS) is 11.3. The van der Waals surface area contributed by atoms with Gasteiger partial charge in [-0.25, -0.2) is 17.5 Å². The van der Waals surface area contributed by atoms with Crippen molar-refractivity contribution < 1.29 is 22.7 Å². The summed E-state index contributed by atoms with van der Waals surface area (Å²) < 4.78 is 30.2. The Morgan fingerprint density at radius 3 is 2.48 bits per heavy atom. The van der Waals surface area contributed by atoms with Gasteiger partial charge in [-0.15, -0.1) is 0 Å². The topological polar surface area (TPSA) is 92.8 Å². The number of benzene rings is 2. The molecule has 0 bridgehead atoms. The Hall–Kier alpha value is -2.42. The lowest BCUT2D eigenvalue weighted by molar-refractivity contribution is -0.119. The quantitative estimate of drug-likeness (QED) is 0.739. The second kappa shape index (κ2) is 8.51. The standard InChI is InChI=1S/C18H19ClN2O5S/c1-12-7-8-14(10-16(12)19)20-17(22)11-26-18(23)13-5-4-6-15(9-13)27(24,25)21(2)3/h4-10H,11H2,1-3H3,(H,20,22). The third-order valence-corrected chi connectivity index (χ3v) is 5.86. The first-order chi connectivity index (χ1) is 12.6. The number of rotatable bonds is 6. The summed E-state index contributed by atoms with van der Waals surface area (Å²) in [5.41, 5.74) is 1.38. The molecule has 0 spiro atoms. The van der Waals surface area contributed by atoms with Crippen LogP contribution in [0.25, 0.3) is 0 Å². The van der Waals surface area contributed by atoms with Crippen LogP contribution in [0.1, 0.15) is 15.9 Å². The molecular formula is C18H19ClN2O5S. The molecule has 2 aromatic carbocycles. The first-order valence-corrected chi connectivity index (χ1v) is 9.69. The van der Waals surface area contributed by atoms with Gasteiger partial charge in [-0.1, -0.05) is 23.7 Å². The second-order valence-electron chi connectivity index (χ2n) is 5.90. The lowest BCUT2D eigenvalue weighted by Crippen LogP contribution is -2.23. The Morgan fingerprint density at radius 1 is 1.15 bits per heavy atom. The van der Waals surface area contributed by atoms with Gasteiger partial charge in [0.1, 0.15) is 0 Å². The molecule has 1 N–H and O–H groups in total. The Balaban J connectivity index is 2.01. The monoisotopic (exact) mass is 410 g/mol. The Morgan fingerprint density at radius 2 is 1.85 bits per heavy atom. The predicted molar refractivity (Wildman–Crippen MR) is 102 cm³/mol. The second-order valence-corrected chi connectivity index (χ2v) is 8.46. The van der Waals surface area contributed by atoms with Crippen LogP contribution in [0.2, 0.25) is 5.02 Å². The van der Waals surface area contributed by atoms with Gasteiger partial charge in [0.25, 0.3) is 5.91 Å². The van der Waals surface area contributed by atoms with Crippen LogP contribution in [0.4, 0.5) is 5.69 Å². The summed E-state index contributed by atoms with van der Waals surface area (Å²) in [4.78, 5) is 24.0. The van der Waals surface area contributed by atoms with E-state index >= 15 is 0 Å². The fourth-order valence-corrected chi connectivity index (χ4v) is 3.21. The van der Waals surface area contributed by atoms with Crippen LogP contribution in [0.15, 0.2) is 47.4 Å². The Labute approximate surface area is 162 Å². The average molecular weight is 411 g/mol. The lowest BCUT2D eigenvalue weighted by Gasteiger charge is -2.12. The van der Waals surface area contributed by atoms with Gasteiger partial charge in [0.15, 0.2) is 6.61 Å². The molecule has 0 unspecified atom stereocenters. The largest absolute Gasteiger partial charge is 0.452 e. The first-order valence-electron chi connectivity index (χ1n) is 7.87. The number of anilines is 1. The lowest BCUT2D eigenvalue weighted by atomic mass is 10.2. The number of nitrogens with one attached hydrogen (secondary N) is 1. The highest BCUT2D eigenvalue weighted by molar-refractivity contribution is 7.89. The maximum atomic E-state index is 12.1. The van der Waals surface area contributed by atoms with E-state index in [1.807, 2.05) is 6.92 Å². The zero-order valence-corrected chi connectivity index (χ0v) is 16.6. The maximum absolute atomic E-state index is 12.1.